The molecule has 7 nitrogen and oxygen atoms in total. The predicted octanol–water partition coefficient (Wildman–Crippen LogP) is 11.9. The molecule has 0 amide bonds. The first-order valence-corrected chi connectivity index (χ1v) is 19.2. The zero-order chi connectivity index (χ0) is 37.2. The Hall–Kier alpha value is -7.90. The van der Waals surface area contributed by atoms with Gasteiger partial charge in [-0.15, -0.1) is 0 Å². The van der Waals surface area contributed by atoms with Crippen LogP contribution in [0, 0.1) is 0 Å². The molecule has 264 valence electrons. The van der Waals surface area contributed by atoms with Crippen LogP contribution in [0.2, 0.25) is 0 Å². The van der Waals surface area contributed by atoms with Crippen molar-refractivity contribution in [3.63, 3.8) is 0 Å². The van der Waals surface area contributed by atoms with E-state index in [9.17, 15) is 0 Å². The Morgan fingerprint density at radius 3 is 1.42 bits per heavy atom. The molecule has 0 saturated carbocycles. The second-order valence-electron chi connectivity index (χ2n) is 14.7. The summed E-state index contributed by atoms with van der Waals surface area (Å²) in [6.45, 7) is 0. The van der Waals surface area contributed by atoms with Gasteiger partial charge >= 0.3 is 0 Å². The van der Waals surface area contributed by atoms with Gasteiger partial charge in [-0.1, -0.05) is 121 Å². The molecule has 0 fully saturated rings. The first-order valence-electron chi connectivity index (χ1n) is 19.2. The van der Waals surface area contributed by atoms with E-state index < -0.39 is 0 Å². The predicted molar refractivity (Wildman–Crippen MR) is 232 cm³/mol. The second-order valence-corrected chi connectivity index (χ2v) is 14.7. The molecular weight excluding hydrogens is 699 g/mol. The van der Waals surface area contributed by atoms with Crippen molar-refractivity contribution in [1.82, 2.24) is 33.5 Å². The maximum Gasteiger partial charge on any atom is 0.240 e. The quantitative estimate of drug-likeness (QED) is 0.181. The third kappa shape index (κ3) is 4.20. The minimum absolute atomic E-state index is 0.561. The molecule has 0 spiro atoms. The van der Waals surface area contributed by atoms with Gasteiger partial charge in [-0.3, -0.25) is 13.5 Å². The summed E-state index contributed by atoms with van der Waals surface area (Å²) in [5.41, 5.74) is 10.6. The van der Waals surface area contributed by atoms with E-state index in [0.717, 1.165) is 71.5 Å². The number of para-hydroxylation sites is 5. The van der Waals surface area contributed by atoms with Crippen LogP contribution in [0.25, 0.3) is 116 Å². The zero-order valence-corrected chi connectivity index (χ0v) is 30.4. The molecule has 0 radical (unpaired) electrons. The average molecular weight is 728 g/mol. The maximum absolute atomic E-state index is 5.32. The SMILES string of the molecule is c1cc(-c2ccc3c4cccc5c6cccnc6n(c3c2)c45)cc(-c2nc(-n3c4ccccc4c4ccccc43)nc(-n3c4ccccc4c4ccccc43)n2)c1. The highest BCUT2D eigenvalue weighted by molar-refractivity contribution is 6.23. The Labute approximate surface area is 324 Å². The number of fused-ring (bicyclic) bond motifs is 12. The minimum atomic E-state index is 0.561. The van der Waals surface area contributed by atoms with E-state index in [1.165, 1.54) is 27.1 Å². The Kier molecular flexibility index (Phi) is 6.04. The molecule has 0 atom stereocenters. The van der Waals surface area contributed by atoms with Crippen molar-refractivity contribution < 1.29 is 0 Å². The maximum atomic E-state index is 5.32. The van der Waals surface area contributed by atoms with E-state index >= 15 is 0 Å². The van der Waals surface area contributed by atoms with Crippen molar-refractivity contribution in [2.45, 2.75) is 0 Å². The summed E-state index contributed by atoms with van der Waals surface area (Å²) in [4.78, 5) is 20.8. The van der Waals surface area contributed by atoms with Crippen LogP contribution in [0.1, 0.15) is 0 Å². The molecule has 7 heteroatoms. The number of nitrogens with zero attached hydrogens (tertiary/aromatic N) is 7. The standard InChI is InChI=1S/C50H29N7/c1-5-21-41-33(14-1)34-15-2-6-22-42(34)55(41)49-52-47(53-50(54-49)56-43-23-7-3-16-35(43)36-17-4-8-24-44(36)56)32-13-9-12-30(28-32)31-25-26-37-38-18-10-19-39-40-20-11-27-51-48(40)57(46(38)39)45(37)29-31/h1-29H. The second kappa shape index (κ2) is 11.3. The fraction of sp³-hybridized carbons (Fsp3) is 0. The third-order valence-corrected chi connectivity index (χ3v) is 11.7. The molecule has 0 saturated heterocycles. The Morgan fingerprint density at radius 1 is 0.333 bits per heavy atom. The van der Waals surface area contributed by atoms with Crippen LogP contribution in [0.4, 0.5) is 0 Å². The number of benzene rings is 7. The van der Waals surface area contributed by atoms with E-state index in [1.807, 2.05) is 12.3 Å². The topological polar surface area (TPSA) is 65.8 Å². The van der Waals surface area contributed by atoms with Gasteiger partial charge in [0.15, 0.2) is 5.82 Å². The smallest absolute Gasteiger partial charge is 0.240 e. The molecule has 13 aromatic rings. The van der Waals surface area contributed by atoms with Crippen molar-refractivity contribution in [1.29, 1.82) is 0 Å². The molecule has 57 heavy (non-hydrogen) atoms. The molecule has 0 aliphatic carbocycles. The number of hydrogen-bond donors (Lipinski definition) is 0. The van der Waals surface area contributed by atoms with Crippen LogP contribution < -0.4 is 0 Å². The lowest BCUT2D eigenvalue weighted by atomic mass is 10.0. The van der Waals surface area contributed by atoms with Crippen LogP contribution in [-0.2, 0) is 0 Å². The fourth-order valence-corrected chi connectivity index (χ4v) is 9.27. The summed E-state index contributed by atoms with van der Waals surface area (Å²) in [6, 6.07) is 59.9. The summed E-state index contributed by atoms with van der Waals surface area (Å²) < 4.78 is 6.67. The third-order valence-electron chi connectivity index (χ3n) is 11.7. The van der Waals surface area contributed by atoms with Crippen molar-refractivity contribution in [3.8, 4) is 34.4 Å². The highest BCUT2D eigenvalue weighted by Gasteiger charge is 2.22. The normalized spacial score (nSPS) is 12.2. The summed E-state index contributed by atoms with van der Waals surface area (Å²) in [5, 5.41) is 9.45. The van der Waals surface area contributed by atoms with Crippen molar-refractivity contribution in [2.75, 3.05) is 0 Å². The van der Waals surface area contributed by atoms with E-state index in [2.05, 4.69) is 177 Å². The van der Waals surface area contributed by atoms with Crippen molar-refractivity contribution in [2.24, 2.45) is 0 Å². The summed E-state index contributed by atoms with van der Waals surface area (Å²) in [6.07, 6.45) is 1.88. The number of hydrogen-bond acceptors (Lipinski definition) is 4. The van der Waals surface area contributed by atoms with E-state index in [0.29, 0.717) is 17.7 Å². The fourth-order valence-electron chi connectivity index (χ4n) is 9.27. The first-order chi connectivity index (χ1) is 28.3. The van der Waals surface area contributed by atoms with Gasteiger partial charge in [-0.25, -0.2) is 4.98 Å². The molecule has 7 aromatic carbocycles. The lowest BCUT2D eigenvalue weighted by molar-refractivity contribution is 0.893. The van der Waals surface area contributed by atoms with E-state index in [1.54, 1.807) is 0 Å². The Balaban J connectivity index is 1.06. The first kappa shape index (κ1) is 30.4. The average Bonchev–Trinajstić information content (AvgIpc) is 4.01. The monoisotopic (exact) mass is 727 g/mol. The Bertz CT molecular complexity index is 3540. The van der Waals surface area contributed by atoms with Gasteiger partial charge in [0.25, 0.3) is 0 Å². The van der Waals surface area contributed by atoms with Gasteiger partial charge in [-0.05, 0) is 59.7 Å². The van der Waals surface area contributed by atoms with Crippen LogP contribution in [0.3, 0.4) is 0 Å². The van der Waals surface area contributed by atoms with E-state index in [-0.39, 0.29) is 0 Å². The van der Waals surface area contributed by atoms with E-state index in [4.69, 9.17) is 19.9 Å². The number of aromatic nitrogens is 7. The van der Waals surface area contributed by atoms with Crippen molar-refractivity contribution in [3.05, 3.63) is 176 Å². The van der Waals surface area contributed by atoms with Crippen LogP contribution >= 0.6 is 0 Å². The molecular formula is C50H29N7. The lowest BCUT2D eigenvalue weighted by Crippen LogP contribution is -2.10. The van der Waals surface area contributed by atoms with Crippen LogP contribution in [0.5, 0.6) is 0 Å². The molecule has 6 heterocycles. The van der Waals surface area contributed by atoms with Crippen LogP contribution in [0.15, 0.2) is 176 Å². The summed E-state index contributed by atoms with van der Waals surface area (Å²) in [7, 11) is 0. The highest BCUT2D eigenvalue weighted by Crippen LogP contribution is 2.40. The summed E-state index contributed by atoms with van der Waals surface area (Å²) in [5.74, 6) is 1.72. The van der Waals surface area contributed by atoms with Gasteiger partial charge in [0.05, 0.1) is 33.1 Å². The minimum Gasteiger partial charge on any atom is -0.293 e. The van der Waals surface area contributed by atoms with Gasteiger partial charge < -0.3 is 0 Å². The molecule has 0 unspecified atom stereocenters. The highest BCUT2D eigenvalue weighted by atomic mass is 15.3. The molecule has 0 aliphatic heterocycles. The zero-order valence-electron chi connectivity index (χ0n) is 30.4. The molecule has 13 rings (SSSR count). The van der Waals surface area contributed by atoms with Crippen LogP contribution in [-0.4, -0.2) is 33.5 Å². The molecule has 0 aliphatic rings. The van der Waals surface area contributed by atoms with Gasteiger partial charge in [0, 0.05) is 54.9 Å². The summed E-state index contributed by atoms with van der Waals surface area (Å²) >= 11 is 0. The van der Waals surface area contributed by atoms with Gasteiger partial charge in [0.2, 0.25) is 11.9 Å². The number of rotatable bonds is 4. The molecule has 0 bridgehead atoms. The lowest BCUT2D eigenvalue weighted by Gasteiger charge is -2.13. The van der Waals surface area contributed by atoms with Gasteiger partial charge in [0.1, 0.15) is 5.65 Å². The Morgan fingerprint density at radius 2 is 0.807 bits per heavy atom. The molecule has 6 aromatic heterocycles. The van der Waals surface area contributed by atoms with Gasteiger partial charge in [-0.2, -0.15) is 15.0 Å². The van der Waals surface area contributed by atoms with Crippen molar-refractivity contribution >= 4 is 81.8 Å². The number of pyridine rings is 1. The molecule has 0 N–H and O–H groups in total. The largest absolute Gasteiger partial charge is 0.293 e.